The molecule has 2 heterocycles. The molecule has 0 spiro atoms. The first-order valence-corrected chi connectivity index (χ1v) is 11.2. The monoisotopic (exact) mass is 449 g/mol. The number of aryl methyl sites for hydroxylation is 1. The third kappa shape index (κ3) is 4.38. The standard InChI is InChI=1S/C23H29ClFN3O3/c1-13-20-16(7-8-17(29)28(20)15-5-6-15)18(24)19(25)21(13)27-10-9-14(12-27)11-26-22(30)31-23(2,3)4/h7-8,14-15H,5-6,9-12H2,1-4H3,(H,26,30). The van der Waals surface area contributed by atoms with E-state index < -0.39 is 17.5 Å². The van der Waals surface area contributed by atoms with Gasteiger partial charge in [0.2, 0.25) is 0 Å². The zero-order chi connectivity index (χ0) is 22.5. The number of aromatic nitrogens is 1. The van der Waals surface area contributed by atoms with Gasteiger partial charge in [-0.15, -0.1) is 0 Å². The Balaban J connectivity index is 1.60. The molecule has 0 bridgehead atoms. The van der Waals surface area contributed by atoms with Gasteiger partial charge in [-0.2, -0.15) is 0 Å². The van der Waals surface area contributed by atoms with Gasteiger partial charge in [-0.3, -0.25) is 4.79 Å². The van der Waals surface area contributed by atoms with Crippen LogP contribution in [-0.4, -0.2) is 35.9 Å². The summed E-state index contributed by atoms with van der Waals surface area (Å²) in [4.78, 5) is 26.5. The lowest BCUT2D eigenvalue weighted by molar-refractivity contribution is 0.0520. The second kappa shape index (κ2) is 8.01. The molecule has 2 aliphatic rings. The highest BCUT2D eigenvalue weighted by molar-refractivity contribution is 6.36. The Morgan fingerprint density at radius 1 is 1.29 bits per heavy atom. The average molecular weight is 450 g/mol. The lowest BCUT2D eigenvalue weighted by Gasteiger charge is -2.25. The van der Waals surface area contributed by atoms with Crippen LogP contribution in [-0.2, 0) is 4.74 Å². The molecule has 1 saturated heterocycles. The van der Waals surface area contributed by atoms with Crippen molar-refractivity contribution in [1.82, 2.24) is 9.88 Å². The van der Waals surface area contributed by atoms with Gasteiger partial charge in [0.1, 0.15) is 5.60 Å². The molecule has 1 unspecified atom stereocenters. The molecule has 2 fully saturated rings. The van der Waals surface area contributed by atoms with Crippen molar-refractivity contribution >= 4 is 34.3 Å². The highest BCUT2D eigenvalue weighted by Gasteiger charge is 2.32. The topological polar surface area (TPSA) is 63.6 Å². The quantitative estimate of drug-likeness (QED) is 0.729. The Hall–Kier alpha value is -2.28. The van der Waals surface area contributed by atoms with Crippen LogP contribution in [0.4, 0.5) is 14.9 Å². The van der Waals surface area contributed by atoms with Crippen molar-refractivity contribution in [3.63, 3.8) is 0 Å². The number of carbonyl (C=O) groups excluding carboxylic acids is 1. The second-order valence-corrected chi connectivity index (χ2v) is 10.00. The number of benzene rings is 1. The number of carbonyl (C=O) groups is 1. The highest BCUT2D eigenvalue weighted by atomic mass is 35.5. The number of hydrogen-bond acceptors (Lipinski definition) is 4. The van der Waals surface area contributed by atoms with Gasteiger partial charge < -0.3 is 19.5 Å². The summed E-state index contributed by atoms with van der Waals surface area (Å²) in [6.07, 6.45) is 2.26. The molecule has 1 amide bonds. The van der Waals surface area contributed by atoms with Crippen LogP contribution in [0.25, 0.3) is 10.9 Å². The Kier molecular flexibility index (Phi) is 5.66. The van der Waals surface area contributed by atoms with Gasteiger partial charge in [0.05, 0.1) is 16.2 Å². The molecular formula is C23H29ClFN3O3. The maximum absolute atomic E-state index is 15.4. The number of amides is 1. The third-order valence-corrected chi connectivity index (χ3v) is 6.29. The summed E-state index contributed by atoms with van der Waals surface area (Å²) in [7, 11) is 0. The van der Waals surface area contributed by atoms with Crippen molar-refractivity contribution in [2.75, 3.05) is 24.5 Å². The highest BCUT2D eigenvalue weighted by Crippen LogP contribution is 2.42. The van der Waals surface area contributed by atoms with Crippen LogP contribution in [0.1, 0.15) is 51.6 Å². The number of nitrogens with one attached hydrogen (secondary N) is 1. The number of nitrogens with zero attached hydrogens (tertiary/aromatic N) is 2. The zero-order valence-electron chi connectivity index (χ0n) is 18.4. The van der Waals surface area contributed by atoms with Crippen LogP contribution < -0.4 is 15.8 Å². The molecule has 1 saturated carbocycles. The Morgan fingerprint density at radius 3 is 2.65 bits per heavy atom. The first-order chi connectivity index (χ1) is 14.6. The van der Waals surface area contributed by atoms with E-state index in [9.17, 15) is 9.59 Å². The summed E-state index contributed by atoms with van der Waals surface area (Å²) in [5, 5.41) is 3.44. The van der Waals surface area contributed by atoms with Crippen LogP contribution in [0.15, 0.2) is 16.9 Å². The minimum Gasteiger partial charge on any atom is -0.444 e. The Bertz CT molecular complexity index is 1090. The van der Waals surface area contributed by atoms with E-state index in [1.165, 1.54) is 6.07 Å². The molecule has 1 atom stereocenters. The summed E-state index contributed by atoms with van der Waals surface area (Å²) < 4.78 is 22.4. The van der Waals surface area contributed by atoms with Crippen molar-refractivity contribution < 1.29 is 13.9 Å². The first kappa shape index (κ1) is 21.9. The second-order valence-electron chi connectivity index (χ2n) is 9.62. The van der Waals surface area contributed by atoms with Crippen molar-refractivity contribution in [3.8, 4) is 0 Å². The molecule has 1 aromatic heterocycles. The lowest BCUT2D eigenvalue weighted by atomic mass is 10.1. The maximum Gasteiger partial charge on any atom is 0.407 e. The fraction of sp³-hybridized carbons (Fsp3) is 0.565. The van der Waals surface area contributed by atoms with E-state index >= 15 is 4.39 Å². The smallest absolute Gasteiger partial charge is 0.407 e. The number of alkyl carbamates (subject to hydrolysis) is 1. The van der Waals surface area contributed by atoms with E-state index in [2.05, 4.69) is 5.32 Å². The number of halogens is 2. The van der Waals surface area contributed by atoms with Crippen LogP contribution in [0.5, 0.6) is 0 Å². The normalized spacial score (nSPS) is 19.2. The molecule has 8 heteroatoms. The predicted molar refractivity (Wildman–Crippen MR) is 121 cm³/mol. The summed E-state index contributed by atoms with van der Waals surface area (Å²) in [6, 6.07) is 3.25. The summed E-state index contributed by atoms with van der Waals surface area (Å²) in [5.74, 6) is -0.282. The van der Waals surface area contributed by atoms with Crippen LogP contribution in [0.3, 0.4) is 0 Å². The number of rotatable bonds is 4. The minimum atomic E-state index is -0.550. The molecule has 168 valence electrons. The summed E-state index contributed by atoms with van der Waals surface area (Å²) in [6.45, 7) is 9.03. The van der Waals surface area contributed by atoms with Crippen LogP contribution >= 0.6 is 11.6 Å². The zero-order valence-corrected chi connectivity index (χ0v) is 19.2. The van der Waals surface area contributed by atoms with Crippen molar-refractivity contribution in [3.05, 3.63) is 38.9 Å². The number of hydrogen-bond donors (Lipinski definition) is 1. The lowest BCUT2D eigenvalue weighted by Crippen LogP contribution is -2.36. The molecule has 2 aromatic rings. The van der Waals surface area contributed by atoms with Gasteiger partial charge in [-0.05, 0) is 64.5 Å². The van der Waals surface area contributed by atoms with E-state index in [0.29, 0.717) is 30.7 Å². The van der Waals surface area contributed by atoms with Gasteiger partial charge in [-0.25, -0.2) is 9.18 Å². The Labute approximate surface area is 186 Å². The molecule has 1 N–H and O–H groups in total. The van der Waals surface area contributed by atoms with E-state index in [1.54, 1.807) is 10.6 Å². The number of fused-ring (bicyclic) bond motifs is 1. The molecule has 1 aliphatic heterocycles. The molecule has 4 rings (SSSR count). The first-order valence-electron chi connectivity index (χ1n) is 10.8. The molecule has 31 heavy (non-hydrogen) atoms. The number of anilines is 1. The fourth-order valence-electron chi connectivity index (χ4n) is 4.43. The van der Waals surface area contributed by atoms with Gasteiger partial charge in [-0.1, -0.05) is 11.6 Å². The van der Waals surface area contributed by atoms with Crippen molar-refractivity contribution in [1.29, 1.82) is 0 Å². The van der Waals surface area contributed by atoms with E-state index in [4.69, 9.17) is 16.3 Å². The molecule has 0 radical (unpaired) electrons. The van der Waals surface area contributed by atoms with Crippen molar-refractivity contribution in [2.24, 2.45) is 5.92 Å². The Morgan fingerprint density at radius 2 is 2.00 bits per heavy atom. The fourth-order valence-corrected chi connectivity index (χ4v) is 4.67. The van der Waals surface area contributed by atoms with Crippen LogP contribution in [0.2, 0.25) is 5.02 Å². The average Bonchev–Trinajstić information content (AvgIpc) is 3.41. The maximum atomic E-state index is 15.4. The predicted octanol–water partition coefficient (Wildman–Crippen LogP) is 4.79. The van der Waals surface area contributed by atoms with E-state index in [0.717, 1.165) is 30.3 Å². The van der Waals surface area contributed by atoms with Gasteiger partial charge in [0.25, 0.3) is 5.56 Å². The molecule has 1 aromatic carbocycles. The van der Waals surface area contributed by atoms with E-state index in [1.807, 2.05) is 32.6 Å². The largest absolute Gasteiger partial charge is 0.444 e. The number of pyridine rings is 1. The molecule has 6 nitrogen and oxygen atoms in total. The third-order valence-electron chi connectivity index (χ3n) is 5.92. The van der Waals surface area contributed by atoms with Crippen molar-refractivity contribution in [2.45, 2.75) is 58.6 Å². The molecular weight excluding hydrogens is 421 g/mol. The number of ether oxygens (including phenoxy) is 1. The van der Waals surface area contributed by atoms with Gasteiger partial charge in [0, 0.05) is 37.1 Å². The summed E-state index contributed by atoms with van der Waals surface area (Å²) in [5.41, 5.74) is 1.30. The van der Waals surface area contributed by atoms with Gasteiger partial charge in [0.15, 0.2) is 5.82 Å². The summed E-state index contributed by atoms with van der Waals surface area (Å²) >= 11 is 6.44. The van der Waals surface area contributed by atoms with E-state index in [-0.39, 0.29) is 22.5 Å². The van der Waals surface area contributed by atoms with Gasteiger partial charge >= 0.3 is 6.09 Å². The van der Waals surface area contributed by atoms with Crippen LogP contribution in [0, 0.1) is 18.7 Å². The minimum absolute atomic E-state index is 0.0559. The molecule has 1 aliphatic carbocycles. The SMILES string of the molecule is Cc1c(N2CCC(CNC(=O)OC(C)(C)C)C2)c(F)c(Cl)c2ccc(=O)n(C3CC3)c12.